The highest BCUT2D eigenvalue weighted by Gasteiger charge is 2.23. The van der Waals surface area contributed by atoms with Crippen LogP contribution in [0.5, 0.6) is 0 Å². The van der Waals surface area contributed by atoms with Gasteiger partial charge in [0.2, 0.25) is 10.0 Å². The topological polar surface area (TPSA) is 46.2 Å². The number of sulfonamides is 1. The van der Waals surface area contributed by atoms with Gasteiger partial charge in [0.15, 0.2) is 0 Å². The van der Waals surface area contributed by atoms with E-state index < -0.39 is 15.8 Å². The van der Waals surface area contributed by atoms with Crippen molar-refractivity contribution in [1.82, 2.24) is 4.72 Å². The average molecular weight is 299 g/mol. The van der Waals surface area contributed by atoms with Crippen molar-refractivity contribution in [3.63, 3.8) is 0 Å². The zero-order valence-electron chi connectivity index (χ0n) is 10.3. The Morgan fingerprint density at radius 2 is 2.00 bits per heavy atom. The van der Waals surface area contributed by atoms with Crippen LogP contribution in [0.1, 0.15) is 24.3 Å². The van der Waals surface area contributed by atoms with Gasteiger partial charge >= 0.3 is 0 Å². The van der Waals surface area contributed by atoms with Crippen molar-refractivity contribution < 1.29 is 12.8 Å². The van der Waals surface area contributed by atoms with Crippen molar-refractivity contribution in [2.24, 2.45) is 0 Å². The molecule has 6 heteroatoms. The molecule has 1 atom stereocenters. The van der Waals surface area contributed by atoms with E-state index in [0.717, 1.165) is 10.9 Å². The third-order valence-electron chi connectivity index (χ3n) is 2.72. The molecule has 0 radical (unpaired) electrons. The van der Waals surface area contributed by atoms with E-state index in [1.54, 1.807) is 0 Å². The second-order valence-electron chi connectivity index (χ2n) is 4.03. The first kappa shape index (κ1) is 14.2. The van der Waals surface area contributed by atoms with Crippen LogP contribution in [0.3, 0.4) is 0 Å². The third kappa shape index (κ3) is 3.20. The minimum atomic E-state index is -3.85. The van der Waals surface area contributed by atoms with Crippen molar-refractivity contribution in [1.29, 1.82) is 0 Å². The molecule has 1 aromatic carbocycles. The van der Waals surface area contributed by atoms with Crippen molar-refractivity contribution in [2.75, 3.05) is 0 Å². The molecule has 19 heavy (non-hydrogen) atoms. The van der Waals surface area contributed by atoms with Crippen LogP contribution in [0.4, 0.5) is 4.39 Å². The highest BCUT2D eigenvalue weighted by atomic mass is 32.2. The summed E-state index contributed by atoms with van der Waals surface area (Å²) < 4.78 is 40.5. The summed E-state index contributed by atoms with van der Waals surface area (Å²) in [6.07, 6.45) is 0.605. The lowest BCUT2D eigenvalue weighted by Crippen LogP contribution is -2.28. The third-order valence-corrected chi connectivity index (χ3v) is 5.21. The Bertz CT molecular complexity index is 638. The van der Waals surface area contributed by atoms with Gasteiger partial charge in [-0.1, -0.05) is 25.1 Å². The van der Waals surface area contributed by atoms with Gasteiger partial charge in [-0.3, -0.25) is 0 Å². The predicted molar refractivity (Wildman–Crippen MR) is 74.1 cm³/mol. The number of rotatable bonds is 5. The molecule has 0 fully saturated rings. The van der Waals surface area contributed by atoms with E-state index in [9.17, 15) is 12.8 Å². The second-order valence-corrected chi connectivity index (χ2v) is 6.69. The maximum Gasteiger partial charge on any atom is 0.244 e. The molecule has 0 bridgehead atoms. The molecule has 0 aliphatic heterocycles. The van der Waals surface area contributed by atoms with E-state index in [4.69, 9.17) is 0 Å². The number of nitrogens with one attached hydrogen (secondary N) is 1. The van der Waals surface area contributed by atoms with E-state index in [-0.39, 0.29) is 10.9 Å². The fraction of sp³-hybridized carbons (Fsp3) is 0.231. The molecule has 0 aliphatic carbocycles. The summed E-state index contributed by atoms with van der Waals surface area (Å²) in [6, 6.07) is 8.77. The van der Waals surface area contributed by atoms with Crippen molar-refractivity contribution in [3.05, 3.63) is 52.5 Å². The number of benzene rings is 1. The second kappa shape index (κ2) is 5.81. The Hall–Kier alpha value is -1.24. The average Bonchev–Trinajstić information content (AvgIpc) is 2.90. The number of hydrogen-bond donors (Lipinski definition) is 1. The first-order valence-corrected chi connectivity index (χ1v) is 8.21. The summed E-state index contributed by atoms with van der Waals surface area (Å²) in [5.41, 5.74) is 0. The first-order valence-electron chi connectivity index (χ1n) is 5.85. The predicted octanol–water partition coefficient (Wildman–Crippen LogP) is 3.32. The fourth-order valence-electron chi connectivity index (χ4n) is 1.75. The molecule has 0 saturated carbocycles. The van der Waals surface area contributed by atoms with Gasteiger partial charge in [-0.25, -0.2) is 17.5 Å². The van der Waals surface area contributed by atoms with Crippen LogP contribution in [0, 0.1) is 5.82 Å². The van der Waals surface area contributed by atoms with Crippen LogP contribution in [0.15, 0.2) is 46.7 Å². The molecule has 0 amide bonds. The van der Waals surface area contributed by atoms with Gasteiger partial charge in [0.05, 0.1) is 6.04 Å². The quantitative estimate of drug-likeness (QED) is 0.920. The summed E-state index contributed by atoms with van der Waals surface area (Å²) in [7, 11) is -3.85. The summed E-state index contributed by atoms with van der Waals surface area (Å²) in [5.74, 6) is -0.740. The van der Waals surface area contributed by atoms with Gasteiger partial charge in [-0.15, -0.1) is 11.3 Å². The van der Waals surface area contributed by atoms with Crippen molar-refractivity contribution in [3.8, 4) is 0 Å². The molecule has 2 rings (SSSR count). The monoisotopic (exact) mass is 299 g/mol. The van der Waals surface area contributed by atoms with Crippen LogP contribution < -0.4 is 4.72 Å². The Labute approximate surface area is 116 Å². The summed E-state index contributed by atoms with van der Waals surface area (Å²) in [5, 5.41) is 1.88. The van der Waals surface area contributed by atoms with Crippen molar-refractivity contribution in [2.45, 2.75) is 24.3 Å². The SMILES string of the molecule is CCC(NS(=O)(=O)c1ccccc1F)c1cccs1. The Balaban J connectivity index is 2.29. The normalized spacial score (nSPS) is 13.4. The lowest BCUT2D eigenvalue weighted by molar-refractivity contribution is 0.537. The van der Waals surface area contributed by atoms with E-state index in [0.29, 0.717) is 6.42 Å². The highest BCUT2D eigenvalue weighted by molar-refractivity contribution is 7.89. The highest BCUT2D eigenvalue weighted by Crippen LogP contribution is 2.24. The minimum Gasteiger partial charge on any atom is -0.207 e. The molecular formula is C13H14FNO2S2. The Morgan fingerprint density at radius 1 is 1.26 bits per heavy atom. The summed E-state index contributed by atoms with van der Waals surface area (Å²) >= 11 is 1.47. The van der Waals surface area contributed by atoms with Crippen LogP contribution in [-0.4, -0.2) is 8.42 Å². The molecule has 3 nitrogen and oxygen atoms in total. The molecule has 1 N–H and O–H groups in total. The van der Waals surface area contributed by atoms with Crippen LogP contribution >= 0.6 is 11.3 Å². The Kier molecular flexibility index (Phi) is 4.34. The number of hydrogen-bond acceptors (Lipinski definition) is 3. The van der Waals surface area contributed by atoms with E-state index in [1.807, 2.05) is 24.4 Å². The van der Waals surface area contributed by atoms with Crippen LogP contribution in [0.2, 0.25) is 0 Å². The van der Waals surface area contributed by atoms with Gasteiger partial charge in [0, 0.05) is 4.88 Å². The molecule has 0 aliphatic rings. The fourth-order valence-corrected chi connectivity index (χ4v) is 4.06. The first-order chi connectivity index (χ1) is 9.04. The lowest BCUT2D eigenvalue weighted by Gasteiger charge is -2.16. The zero-order chi connectivity index (χ0) is 13.9. The molecule has 0 spiro atoms. The van der Waals surface area contributed by atoms with E-state index in [1.165, 1.54) is 29.5 Å². The molecular weight excluding hydrogens is 285 g/mol. The number of thiophene rings is 1. The maximum atomic E-state index is 13.6. The minimum absolute atomic E-state index is 0.315. The summed E-state index contributed by atoms with van der Waals surface area (Å²) in [6.45, 7) is 1.88. The van der Waals surface area contributed by atoms with Crippen LogP contribution in [-0.2, 0) is 10.0 Å². The van der Waals surface area contributed by atoms with Crippen molar-refractivity contribution >= 4 is 21.4 Å². The molecule has 1 aromatic heterocycles. The molecule has 1 unspecified atom stereocenters. The Morgan fingerprint density at radius 3 is 2.58 bits per heavy atom. The summed E-state index contributed by atoms with van der Waals surface area (Å²) in [4.78, 5) is 0.604. The van der Waals surface area contributed by atoms with E-state index in [2.05, 4.69) is 4.72 Å². The number of halogens is 1. The molecule has 0 saturated heterocycles. The van der Waals surface area contributed by atoms with Crippen LogP contribution in [0.25, 0.3) is 0 Å². The smallest absolute Gasteiger partial charge is 0.207 e. The van der Waals surface area contributed by atoms with E-state index >= 15 is 0 Å². The van der Waals surface area contributed by atoms with Gasteiger partial charge in [0.25, 0.3) is 0 Å². The molecule has 2 aromatic rings. The zero-order valence-corrected chi connectivity index (χ0v) is 12.0. The maximum absolute atomic E-state index is 13.6. The largest absolute Gasteiger partial charge is 0.244 e. The van der Waals surface area contributed by atoms with Gasteiger partial charge in [0.1, 0.15) is 10.7 Å². The molecule has 1 heterocycles. The van der Waals surface area contributed by atoms with Gasteiger partial charge in [-0.05, 0) is 30.0 Å². The standard InChI is InChI=1S/C13H14FNO2S2/c1-2-11(12-7-5-9-18-12)15-19(16,17)13-8-4-3-6-10(13)14/h3-9,11,15H,2H2,1H3. The van der Waals surface area contributed by atoms with Gasteiger partial charge in [-0.2, -0.15) is 0 Å². The molecule has 102 valence electrons. The van der Waals surface area contributed by atoms with Gasteiger partial charge < -0.3 is 0 Å². The lowest BCUT2D eigenvalue weighted by atomic mass is 10.2.